The van der Waals surface area contributed by atoms with Crippen molar-refractivity contribution in [3.8, 4) is 11.5 Å². The second kappa shape index (κ2) is 6.28. The summed E-state index contributed by atoms with van der Waals surface area (Å²) in [6.07, 6.45) is -0.575. The Morgan fingerprint density at radius 2 is 1.57 bits per heavy atom. The SMILES string of the molecule is CC(C)c1cc(C(N)Nc2ccc(S)cc2)c(O)cc1O. The van der Waals surface area contributed by atoms with Crippen LogP contribution in [-0.4, -0.2) is 10.2 Å². The van der Waals surface area contributed by atoms with E-state index in [0.29, 0.717) is 5.56 Å². The van der Waals surface area contributed by atoms with Crippen LogP contribution < -0.4 is 11.1 Å². The highest BCUT2D eigenvalue weighted by molar-refractivity contribution is 7.80. The third-order valence-corrected chi connectivity index (χ3v) is 3.62. The topological polar surface area (TPSA) is 78.5 Å². The van der Waals surface area contributed by atoms with E-state index in [4.69, 9.17) is 5.73 Å². The lowest BCUT2D eigenvalue weighted by molar-refractivity contribution is 0.437. The first-order valence-electron chi connectivity index (χ1n) is 6.75. The standard InChI is InChI=1S/C16H20N2O2S/c1-9(2)12-7-13(15(20)8-14(12)19)16(17)18-10-3-5-11(21)6-4-10/h3-9,16,18-21H,17H2,1-2H3. The Balaban J connectivity index is 2.28. The van der Waals surface area contributed by atoms with Gasteiger partial charge < -0.3 is 21.3 Å². The van der Waals surface area contributed by atoms with Crippen LogP contribution in [0.1, 0.15) is 37.1 Å². The fourth-order valence-corrected chi connectivity index (χ4v) is 2.29. The molecule has 4 nitrogen and oxygen atoms in total. The smallest absolute Gasteiger partial charge is 0.125 e. The molecule has 112 valence electrons. The maximum absolute atomic E-state index is 10.00. The number of hydrogen-bond donors (Lipinski definition) is 5. The normalized spacial score (nSPS) is 12.4. The molecule has 5 N–H and O–H groups in total. The molecule has 0 aliphatic rings. The first-order chi connectivity index (χ1) is 9.88. The number of rotatable bonds is 4. The fraction of sp³-hybridized carbons (Fsp3) is 0.250. The Kier molecular flexibility index (Phi) is 4.65. The van der Waals surface area contributed by atoms with Crippen LogP contribution in [0.3, 0.4) is 0 Å². The summed E-state index contributed by atoms with van der Waals surface area (Å²) in [6.45, 7) is 3.94. The molecule has 1 atom stereocenters. The average molecular weight is 304 g/mol. The molecule has 0 fully saturated rings. The van der Waals surface area contributed by atoms with Gasteiger partial charge in [0.1, 0.15) is 17.7 Å². The number of benzene rings is 2. The van der Waals surface area contributed by atoms with E-state index in [-0.39, 0.29) is 17.4 Å². The fourth-order valence-electron chi connectivity index (χ4n) is 2.14. The quantitative estimate of drug-likeness (QED) is 0.442. The Morgan fingerprint density at radius 3 is 2.14 bits per heavy atom. The van der Waals surface area contributed by atoms with E-state index in [1.807, 2.05) is 38.1 Å². The van der Waals surface area contributed by atoms with Crippen LogP contribution in [0.2, 0.25) is 0 Å². The molecule has 21 heavy (non-hydrogen) atoms. The van der Waals surface area contributed by atoms with Gasteiger partial charge in [-0.15, -0.1) is 12.6 Å². The summed E-state index contributed by atoms with van der Waals surface area (Å²) in [6, 6.07) is 10.5. The van der Waals surface area contributed by atoms with Crippen molar-refractivity contribution in [2.45, 2.75) is 30.8 Å². The zero-order valence-electron chi connectivity index (χ0n) is 12.0. The van der Waals surface area contributed by atoms with Gasteiger partial charge in [-0.25, -0.2) is 0 Å². The van der Waals surface area contributed by atoms with E-state index >= 15 is 0 Å². The number of phenolic OH excluding ortho intramolecular Hbond substituents is 2. The minimum Gasteiger partial charge on any atom is -0.508 e. The Labute approximate surface area is 130 Å². The predicted octanol–water partition coefficient (Wildman–Crippen LogP) is 3.58. The largest absolute Gasteiger partial charge is 0.508 e. The monoisotopic (exact) mass is 304 g/mol. The van der Waals surface area contributed by atoms with Crippen molar-refractivity contribution >= 4 is 18.3 Å². The highest BCUT2D eigenvalue weighted by atomic mass is 32.1. The van der Waals surface area contributed by atoms with Crippen LogP contribution in [0.4, 0.5) is 5.69 Å². The molecule has 0 saturated carbocycles. The molecule has 0 spiro atoms. The van der Waals surface area contributed by atoms with Gasteiger partial charge in [0.2, 0.25) is 0 Å². The molecule has 0 aliphatic carbocycles. The number of hydrogen-bond acceptors (Lipinski definition) is 5. The first-order valence-corrected chi connectivity index (χ1v) is 7.20. The minimum atomic E-state index is -0.575. The van der Waals surface area contributed by atoms with Gasteiger partial charge in [-0.1, -0.05) is 13.8 Å². The van der Waals surface area contributed by atoms with E-state index in [1.54, 1.807) is 6.07 Å². The molecule has 0 aromatic heterocycles. The lowest BCUT2D eigenvalue weighted by Crippen LogP contribution is -2.20. The molecule has 1 unspecified atom stereocenters. The summed E-state index contributed by atoms with van der Waals surface area (Å²) < 4.78 is 0. The summed E-state index contributed by atoms with van der Waals surface area (Å²) >= 11 is 4.23. The number of nitrogens with two attached hydrogens (primary N) is 1. The van der Waals surface area contributed by atoms with Crippen LogP contribution in [-0.2, 0) is 0 Å². The van der Waals surface area contributed by atoms with Crippen LogP contribution >= 0.6 is 12.6 Å². The van der Waals surface area contributed by atoms with Gasteiger partial charge in [0.15, 0.2) is 0 Å². The number of thiol groups is 1. The Morgan fingerprint density at radius 1 is 1.00 bits per heavy atom. The minimum absolute atomic E-state index is 0.0253. The van der Waals surface area contributed by atoms with Crippen LogP contribution in [0, 0.1) is 0 Å². The van der Waals surface area contributed by atoms with Gasteiger partial charge in [0.25, 0.3) is 0 Å². The molecular formula is C16H20N2O2S. The molecular weight excluding hydrogens is 284 g/mol. The van der Waals surface area contributed by atoms with Gasteiger partial charge >= 0.3 is 0 Å². The lowest BCUT2D eigenvalue weighted by atomic mass is 9.98. The van der Waals surface area contributed by atoms with Crippen molar-refractivity contribution < 1.29 is 10.2 Å². The van der Waals surface area contributed by atoms with Crippen molar-refractivity contribution in [1.82, 2.24) is 0 Å². The van der Waals surface area contributed by atoms with E-state index < -0.39 is 6.17 Å². The van der Waals surface area contributed by atoms with Crippen LogP contribution in [0.25, 0.3) is 0 Å². The number of phenols is 2. The third kappa shape index (κ3) is 3.62. The summed E-state index contributed by atoms with van der Waals surface area (Å²) in [5.74, 6) is 0.195. The zero-order chi connectivity index (χ0) is 15.6. The first kappa shape index (κ1) is 15.5. The maximum atomic E-state index is 10.00. The number of anilines is 1. The molecule has 0 bridgehead atoms. The zero-order valence-corrected chi connectivity index (χ0v) is 12.9. The van der Waals surface area contributed by atoms with Gasteiger partial charge in [-0.2, -0.15) is 0 Å². The summed E-state index contributed by atoms with van der Waals surface area (Å²) in [4.78, 5) is 0.865. The second-order valence-electron chi connectivity index (χ2n) is 5.29. The lowest BCUT2D eigenvalue weighted by Gasteiger charge is -2.19. The van der Waals surface area contributed by atoms with E-state index in [0.717, 1.165) is 16.1 Å². The van der Waals surface area contributed by atoms with E-state index in [9.17, 15) is 10.2 Å². The summed E-state index contributed by atoms with van der Waals surface area (Å²) in [5, 5.41) is 23.0. The molecule has 0 saturated heterocycles. The third-order valence-electron chi connectivity index (χ3n) is 3.32. The van der Waals surface area contributed by atoms with Gasteiger partial charge in [-0.05, 0) is 41.8 Å². The van der Waals surface area contributed by atoms with Crippen LogP contribution in [0.15, 0.2) is 41.3 Å². The molecule has 0 aliphatic heterocycles. The molecule has 5 heteroatoms. The molecule has 0 amide bonds. The molecule has 2 rings (SSSR count). The maximum Gasteiger partial charge on any atom is 0.125 e. The van der Waals surface area contributed by atoms with Crippen molar-refractivity contribution in [3.05, 3.63) is 47.5 Å². The summed E-state index contributed by atoms with van der Waals surface area (Å²) in [5.41, 5.74) is 8.25. The number of aromatic hydroxyl groups is 2. The highest BCUT2D eigenvalue weighted by Gasteiger charge is 2.16. The van der Waals surface area contributed by atoms with Gasteiger partial charge in [-0.3, -0.25) is 0 Å². The average Bonchev–Trinajstić information content (AvgIpc) is 2.40. The Bertz CT molecular complexity index is 627. The Hall–Kier alpha value is -1.85. The number of nitrogens with one attached hydrogen (secondary N) is 1. The van der Waals surface area contributed by atoms with Gasteiger partial charge in [0.05, 0.1) is 0 Å². The summed E-state index contributed by atoms with van der Waals surface area (Å²) in [7, 11) is 0. The molecule has 0 heterocycles. The molecule has 0 radical (unpaired) electrons. The highest BCUT2D eigenvalue weighted by Crippen LogP contribution is 2.34. The van der Waals surface area contributed by atoms with Gasteiger partial charge in [0, 0.05) is 22.2 Å². The second-order valence-corrected chi connectivity index (χ2v) is 5.81. The predicted molar refractivity (Wildman–Crippen MR) is 88.1 cm³/mol. The van der Waals surface area contributed by atoms with Crippen molar-refractivity contribution in [1.29, 1.82) is 0 Å². The van der Waals surface area contributed by atoms with Crippen molar-refractivity contribution in [2.24, 2.45) is 5.73 Å². The van der Waals surface area contributed by atoms with E-state index in [1.165, 1.54) is 6.07 Å². The van der Waals surface area contributed by atoms with Crippen LogP contribution in [0.5, 0.6) is 11.5 Å². The van der Waals surface area contributed by atoms with E-state index in [2.05, 4.69) is 17.9 Å². The van der Waals surface area contributed by atoms with Crippen molar-refractivity contribution in [3.63, 3.8) is 0 Å². The molecule has 2 aromatic carbocycles. The van der Waals surface area contributed by atoms with Crippen molar-refractivity contribution in [2.75, 3.05) is 5.32 Å². The molecule has 2 aromatic rings.